The molecule has 106 valence electrons. The number of likely N-dealkylation sites (N-methyl/N-ethyl adjacent to an activating group) is 1. The largest absolute Gasteiger partial charge is 0.396 e. The third-order valence-electron chi connectivity index (χ3n) is 3.42. The Morgan fingerprint density at radius 1 is 1.21 bits per heavy atom. The molecule has 3 heteroatoms. The van der Waals surface area contributed by atoms with E-state index in [1.54, 1.807) is 4.90 Å². The van der Waals surface area contributed by atoms with Crippen molar-refractivity contribution in [3.8, 4) is 0 Å². The Balaban J connectivity index is 2.47. The molecule has 0 aliphatic rings. The number of carbonyl (C=O) groups excluding carboxylic acids is 1. The summed E-state index contributed by atoms with van der Waals surface area (Å²) in [6.45, 7) is 5.10. The molecule has 3 nitrogen and oxygen atoms in total. The number of benzene rings is 1. The predicted molar refractivity (Wildman–Crippen MR) is 78.2 cm³/mol. The van der Waals surface area contributed by atoms with Crippen LogP contribution in [0.25, 0.3) is 0 Å². The van der Waals surface area contributed by atoms with Gasteiger partial charge in [0.05, 0.1) is 6.42 Å². The number of amides is 1. The van der Waals surface area contributed by atoms with Gasteiger partial charge in [0.15, 0.2) is 0 Å². The molecule has 1 rings (SSSR count). The van der Waals surface area contributed by atoms with E-state index in [0.717, 1.165) is 31.4 Å². The smallest absolute Gasteiger partial charge is 0.226 e. The average molecular weight is 263 g/mol. The van der Waals surface area contributed by atoms with E-state index in [2.05, 4.69) is 18.2 Å². The van der Waals surface area contributed by atoms with E-state index in [1.807, 2.05) is 20.9 Å². The zero-order valence-electron chi connectivity index (χ0n) is 12.3. The summed E-state index contributed by atoms with van der Waals surface area (Å²) >= 11 is 0. The maximum Gasteiger partial charge on any atom is 0.226 e. The molecule has 0 aliphatic heterocycles. The van der Waals surface area contributed by atoms with E-state index in [4.69, 9.17) is 5.11 Å². The van der Waals surface area contributed by atoms with E-state index in [9.17, 15) is 4.79 Å². The van der Waals surface area contributed by atoms with Crippen molar-refractivity contribution in [1.82, 2.24) is 4.90 Å². The molecule has 1 aromatic rings. The van der Waals surface area contributed by atoms with E-state index in [-0.39, 0.29) is 12.5 Å². The van der Waals surface area contributed by atoms with Gasteiger partial charge in [0.25, 0.3) is 0 Å². The van der Waals surface area contributed by atoms with Crippen LogP contribution in [-0.2, 0) is 11.2 Å². The monoisotopic (exact) mass is 263 g/mol. The second-order valence-corrected chi connectivity index (χ2v) is 5.21. The molecule has 1 aromatic carbocycles. The molecule has 0 heterocycles. The quantitative estimate of drug-likeness (QED) is 0.768. The highest BCUT2D eigenvalue weighted by Gasteiger charge is 2.10. The zero-order chi connectivity index (χ0) is 14.3. The lowest BCUT2D eigenvalue weighted by atomic mass is 10.0. The Hall–Kier alpha value is -1.35. The number of hydrogen-bond donors (Lipinski definition) is 1. The molecule has 0 spiro atoms. The summed E-state index contributed by atoms with van der Waals surface area (Å²) in [5, 5.41) is 8.71. The number of carbonyl (C=O) groups is 1. The fraction of sp³-hybridized carbons (Fsp3) is 0.562. The summed E-state index contributed by atoms with van der Waals surface area (Å²) in [6.07, 6.45) is 3.22. The Bertz CT molecular complexity index is 415. The molecule has 0 bridgehead atoms. The first-order valence-corrected chi connectivity index (χ1v) is 6.95. The van der Waals surface area contributed by atoms with E-state index in [1.165, 1.54) is 11.1 Å². The van der Waals surface area contributed by atoms with Crippen LogP contribution in [0.5, 0.6) is 0 Å². The van der Waals surface area contributed by atoms with Crippen LogP contribution in [0, 0.1) is 13.8 Å². The van der Waals surface area contributed by atoms with Crippen LogP contribution in [0.4, 0.5) is 0 Å². The summed E-state index contributed by atoms with van der Waals surface area (Å²) in [5.74, 6) is 0.165. The molecule has 1 amide bonds. The van der Waals surface area contributed by atoms with Crippen molar-refractivity contribution in [1.29, 1.82) is 0 Å². The van der Waals surface area contributed by atoms with E-state index in [0.29, 0.717) is 6.42 Å². The van der Waals surface area contributed by atoms with Gasteiger partial charge in [0.1, 0.15) is 0 Å². The number of nitrogens with zero attached hydrogens (tertiary/aromatic N) is 1. The summed E-state index contributed by atoms with van der Waals surface area (Å²) in [7, 11) is 1.85. The second kappa shape index (κ2) is 7.95. The molecule has 0 saturated heterocycles. The first kappa shape index (κ1) is 15.7. The molecule has 1 N–H and O–H groups in total. The summed E-state index contributed by atoms with van der Waals surface area (Å²) in [4.78, 5) is 13.9. The van der Waals surface area contributed by atoms with Gasteiger partial charge < -0.3 is 10.0 Å². The standard InChI is InChI=1S/C16H25NO2/c1-13-7-8-14(2)15(11-13)12-16(19)17(3)9-5-4-6-10-18/h7-8,11,18H,4-6,9-10,12H2,1-3H3. The van der Waals surface area contributed by atoms with Crippen molar-refractivity contribution < 1.29 is 9.90 Å². The summed E-state index contributed by atoms with van der Waals surface area (Å²) in [6, 6.07) is 6.23. The van der Waals surface area contributed by atoms with Gasteiger partial charge in [-0.2, -0.15) is 0 Å². The van der Waals surface area contributed by atoms with E-state index >= 15 is 0 Å². The van der Waals surface area contributed by atoms with Gasteiger partial charge in [0.2, 0.25) is 5.91 Å². The van der Waals surface area contributed by atoms with Gasteiger partial charge in [-0.15, -0.1) is 0 Å². The van der Waals surface area contributed by atoms with Crippen LogP contribution in [0.2, 0.25) is 0 Å². The van der Waals surface area contributed by atoms with Crippen molar-refractivity contribution in [2.45, 2.75) is 39.5 Å². The Kier molecular flexibility index (Phi) is 6.57. The molecule has 0 unspecified atom stereocenters. The van der Waals surface area contributed by atoms with Crippen molar-refractivity contribution in [2.75, 3.05) is 20.2 Å². The van der Waals surface area contributed by atoms with Crippen molar-refractivity contribution in [3.63, 3.8) is 0 Å². The SMILES string of the molecule is Cc1ccc(C)c(CC(=O)N(C)CCCCCO)c1. The maximum absolute atomic E-state index is 12.1. The lowest BCUT2D eigenvalue weighted by Gasteiger charge is -2.18. The van der Waals surface area contributed by atoms with Crippen LogP contribution in [0.1, 0.15) is 36.0 Å². The number of aryl methyl sites for hydroxylation is 2. The van der Waals surface area contributed by atoms with E-state index < -0.39 is 0 Å². The van der Waals surface area contributed by atoms with Gasteiger partial charge in [0, 0.05) is 20.2 Å². The highest BCUT2D eigenvalue weighted by molar-refractivity contribution is 5.78. The Morgan fingerprint density at radius 2 is 1.95 bits per heavy atom. The number of rotatable bonds is 7. The summed E-state index contributed by atoms with van der Waals surface area (Å²) in [5.41, 5.74) is 3.49. The average Bonchev–Trinajstić information content (AvgIpc) is 2.38. The third kappa shape index (κ3) is 5.43. The van der Waals surface area contributed by atoms with Crippen molar-refractivity contribution in [2.24, 2.45) is 0 Å². The number of aliphatic hydroxyl groups is 1. The molecule has 19 heavy (non-hydrogen) atoms. The minimum Gasteiger partial charge on any atom is -0.396 e. The second-order valence-electron chi connectivity index (χ2n) is 5.21. The first-order valence-electron chi connectivity index (χ1n) is 6.95. The molecule has 0 saturated carbocycles. The highest BCUT2D eigenvalue weighted by Crippen LogP contribution is 2.12. The Morgan fingerprint density at radius 3 is 2.63 bits per heavy atom. The molecule has 0 aliphatic carbocycles. The minimum absolute atomic E-state index is 0.165. The number of aliphatic hydroxyl groups excluding tert-OH is 1. The predicted octanol–water partition coefficient (Wildman–Crippen LogP) is 2.47. The van der Waals surface area contributed by atoms with Crippen LogP contribution in [-0.4, -0.2) is 36.1 Å². The molecular weight excluding hydrogens is 238 g/mol. The Labute approximate surface area is 116 Å². The maximum atomic E-state index is 12.1. The van der Waals surface area contributed by atoms with Crippen molar-refractivity contribution in [3.05, 3.63) is 34.9 Å². The lowest BCUT2D eigenvalue weighted by Crippen LogP contribution is -2.29. The molecule has 0 atom stereocenters. The normalized spacial score (nSPS) is 10.5. The van der Waals surface area contributed by atoms with Gasteiger partial charge in [-0.3, -0.25) is 4.79 Å². The van der Waals surface area contributed by atoms with Crippen molar-refractivity contribution >= 4 is 5.91 Å². The van der Waals surface area contributed by atoms with Crippen LogP contribution < -0.4 is 0 Å². The zero-order valence-corrected chi connectivity index (χ0v) is 12.3. The van der Waals surface area contributed by atoms with Gasteiger partial charge >= 0.3 is 0 Å². The number of unbranched alkanes of at least 4 members (excludes halogenated alkanes) is 2. The lowest BCUT2D eigenvalue weighted by molar-refractivity contribution is -0.129. The van der Waals surface area contributed by atoms with Crippen LogP contribution >= 0.6 is 0 Å². The third-order valence-corrected chi connectivity index (χ3v) is 3.42. The minimum atomic E-state index is 0.165. The van der Waals surface area contributed by atoms with Crippen LogP contribution in [0.3, 0.4) is 0 Å². The topological polar surface area (TPSA) is 40.5 Å². The van der Waals surface area contributed by atoms with Crippen LogP contribution in [0.15, 0.2) is 18.2 Å². The fourth-order valence-electron chi connectivity index (χ4n) is 2.05. The molecule has 0 aromatic heterocycles. The molecular formula is C16H25NO2. The van der Waals surface area contributed by atoms with Gasteiger partial charge in [-0.1, -0.05) is 23.8 Å². The van der Waals surface area contributed by atoms with Gasteiger partial charge in [-0.05, 0) is 44.2 Å². The first-order chi connectivity index (χ1) is 9.04. The summed E-state index contributed by atoms with van der Waals surface area (Å²) < 4.78 is 0. The fourth-order valence-corrected chi connectivity index (χ4v) is 2.05. The molecule has 0 fully saturated rings. The number of hydrogen-bond acceptors (Lipinski definition) is 2. The van der Waals surface area contributed by atoms with Gasteiger partial charge in [-0.25, -0.2) is 0 Å². The molecule has 0 radical (unpaired) electrons. The highest BCUT2D eigenvalue weighted by atomic mass is 16.2.